The highest BCUT2D eigenvalue weighted by Crippen LogP contribution is 2.39. The van der Waals surface area contributed by atoms with Gasteiger partial charge >= 0.3 is 12.1 Å². The summed E-state index contributed by atoms with van der Waals surface area (Å²) in [6.07, 6.45) is 0.0394. The first-order valence-electron chi connectivity index (χ1n) is 7.84. The fraction of sp³-hybridized carbons (Fsp3) is 0.263. The van der Waals surface area contributed by atoms with Crippen LogP contribution < -0.4 is 9.64 Å². The second kappa shape index (κ2) is 6.74. The average molecular weight is 325 g/mol. The highest BCUT2D eigenvalue weighted by Gasteiger charge is 2.38. The van der Waals surface area contributed by atoms with Crippen LogP contribution in [0.15, 0.2) is 54.6 Å². The van der Waals surface area contributed by atoms with Crippen LogP contribution in [-0.2, 0) is 9.53 Å². The molecule has 0 bridgehead atoms. The van der Waals surface area contributed by atoms with Crippen LogP contribution in [0, 0.1) is 0 Å². The van der Waals surface area contributed by atoms with Crippen LogP contribution in [-0.4, -0.2) is 25.2 Å². The monoisotopic (exact) mass is 325 g/mol. The van der Waals surface area contributed by atoms with E-state index in [0.29, 0.717) is 17.9 Å². The Morgan fingerprint density at radius 2 is 1.71 bits per heavy atom. The number of carbonyl (C=O) groups is 2. The number of nitrogens with zero attached hydrogens (tertiary/aromatic N) is 1. The summed E-state index contributed by atoms with van der Waals surface area (Å²) in [6.45, 7) is 1.90. The van der Waals surface area contributed by atoms with E-state index in [0.717, 1.165) is 5.56 Å². The molecule has 1 aliphatic rings. The molecule has 0 radical (unpaired) electrons. The van der Waals surface area contributed by atoms with E-state index >= 15 is 0 Å². The van der Waals surface area contributed by atoms with Crippen molar-refractivity contribution < 1.29 is 19.1 Å². The SMILES string of the molecule is COC(=O)C1CC(C)N(C(=O)Oc2ccccc2)c2ccccc21. The van der Waals surface area contributed by atoms with Crippen LogP contribution in [0.25, 0.3) is 0 Å². The molecular formula is C19H19NO4. The zero-order chi connectivity index (χ0) is 17.1. The summed E-state index contributed by atoms with van der Waals surface area (Å²) >= 11 is 0. The van der Waals surface area contributed by atoms with E-state index < -0.39 is 6.09 Å². The molecule has 0 N–H and O–H groups in total. The zero-order valence-corrected chi connectivity index (χ0v) is 13.6. The molecule has 2 atom stereocenters. The third-order valence-corrected chi connectivity index (χ3v) is 4.22. The summed E-state index contributed by atoms with van der Waals surface area (Å²) in [6, 6.07) is 16.1. The third kappa shape index (κ3) is 2.97. The second-order valence-corrected chi connectivity index (χ2v) is 5.77. The Balaban J connectivity index is 1.93. The number of ether oxygens (including phenoxy) is 2. The van der Waals surface area contributed by atoms with Crippen molar-refractivity contribution in [3.63, 3.8) is 0 Å². The lowest BCUT2D eigenvalue weighted by Crippen LogP contribution is -2.45. The van der Waals surface area contributed by atoms with Crippen LogP contribution in [0.5, 0.6) is 5.75 Å². The first-order chi connectivity index (χ1) is 11.6. The molecule has 1 amide bonds. The Morgan fingerprint density at radius 3 is 2.42 bits per heavy atom. The lowest BCUT2D eigenvalue weighted by molar-refractivity contribution is -0.142. The van der Waals surface area contributed by atoms with Crippen molar-refractivity contribution in [1.29, 1.82) is 0 Å². The van der Waals surface area contributed by atoms with Gasteiger partial charge in [0.1, 0.15) is 5.75 Å². The van der Waals surface area contributed by atoms with Crippen LogP contribution in [0.1, 0.15) is 24.8 Å². The molecule has 0 aliphatic carbocycles. The molecule has 5 nitrogen and oxygen atoms in total. The Bertz CT molecular complexity index is 744. The standard InChI is InChI=1S/C19H19NO4/c1-13-12-16(18(21)23-2)15-10-6-7-11-17(15)20(13)19(22)24-14-8-4-3-5-9-14/h3-11,13,16H,12H2,1-2H3. The molecule has 124 valence electrons. The van der Waals surface area contributed by atoms with Gasteiger partial charge in [-0.3, -0.25) is 9.69 Å². The van der Waals surface area contributed by atoms with Crippen molar-refractivity contribution in [2.45, 2.75) is 25.3 Å². The van der Waals surface area contributed by atoms with E-state index in [2.05, 4.69) is 0 Å². The molecule has 0 saturated carbocycles. The number of benzene rings is 2. The number of fused-ring (bicyclic) bond motifs is 1. The van der Waals surface area contributed by atoms with E-state index in [1.165, 1.54) is 7.11 Å². The molecule has 1 aliphatic heterocycles. The quantitative estimate of drug-likeness (QED) is 0.789. The maximum atomic E-state index is 12.7. The third-order valence-electron chi connectivity index (χ3n) is 4.22. The molecule has 0 aromatic heterocycles. The van der Waals surface area contributed by atoms with Crippen molar-refractivity contribution in [3.05, 3.63) is 60.2 Å². The van der Waals surface area contributed by atoms with Gasteiger partial charge in [-0.1, -0.05) is 36.4 Å². The van der Waals surface area contributed by atoms with Gasteiger partial charge in [-0.2, -0.15) is 0 Å². The molecule has 2 unspecified atom stereocenters. The summed E-state index contributed by atoms with van der Waals surface area (Å²) in [5, 5.41) is 0. The minimum atomic E-state index is -0.454. The maximum Gasteiger partial charge on any atom is 0.420 e. The number of amides is 1. The van der Waals surface area contributed by atoms with Crippen molar-refractivity contribution in [1.82, 2.24) is 0 Å². The topological polar surface area (TPSA) is 55.8 Å². The molecule has 3 rings (SSSR count). The number of carbonyl (C=O) groups excluding carboxylic acids is 2. The average Bonchev–Trinajstić information content (AvgIpc) is 2.61. The second-order valence-electron chi connectivity index (χ2n) is 5.77. The van der Waals surface area contributed by atoms with Gasteiger partial charge in [-0.25, -0.2) is 4.79 Å². The molecule has 1 heterocycles. The number of methoxy groups -OCH3 is 1. The number of hydrogen-bond acceptors (Lipinski definition) is 4. The predicted molar refractivity (Wildman–Crippen MR) is 90.2 cm³/mol. The van der Waals surface area contributed by atoms with Crippen LogP contribution in [0.3, 0.4) is 0 Å². The van der Waals surface area contributed by atoms with E-state index in [4.69, 9.17) is 9.47 Å². The molecule has 0 spiro atoms. The van der Waals surface area contributed by atoms with Gasteiger partial charge in [0.05, 0.1) is 18.7 Å². The zero-order valence-electron chi connectivity index (χ0n) is 13.6. The van der Waals surface area contributed by atoms with Gasteiger partial charge in [0.2, 0.25) is 0 Å². The minimum Gasteiger partial charge on any atom is -0.469 e. The van der Waals surface area contributed by atoms with Crippen molar-refractivity contribution in [2.24, 2.45) is 0 Å². The Labute approximate surface area is 140 Å². The lowest BCUT2D eigenvalue weighted by Gasteiger charge is -2.37. The summed E-state index contributed by atoms with van der Waals surface area (Å²) < 4.78 is 10.4. The number of para-hydroxylation sites is 2. The first-order valence-corrected chi connectivity index (χ1v) is 7.84. The van der Waals surface area contributed by atoms with Crippen LogP contribution in [0.4, 0.5) is 10.5 Å². The van der Waals surface area contributed by atoms with Crippen molar-refractivity contribution in [2.75, 3.05) is 12.0 Å². The number of esters is 1. The lowest BCUT2D eigenvalue weighted by atomic mass is 9.86. The summed E-state index contributed by atoms with van der Waals surface area (Å²) in [5.74, 6) is -0.172. The molecule has 2 aromatic carbocycles. The van der Waals surface area contributed by atoms with Crippen LogP contribution >= 0.6 is 0 Å². The van der Waals surface area contributed by atoms with Crippen LogP contribution in [0.2, 0.25) is 0 Å². The molecule has 0 fully saturated rings. The molecule has 0 saturated heterocycles. The number of anilines is 1. The number of hydrogen-bond donors (Lipinski definition) is 0. The Hall–Kier alpha value is -2.82. The van der Waals surface area contributed by atoms with Gasteiger partial charge < -0.3 is 9.47 Å². The highest BCUT2D eigenvalue weighted by atomic mass is 16.6. The normalized spacial score (nSPS) is 19.3. The van der Waals surface area contributed by atoms with Gasteiger partial charge in [-0.15, -0.1) is 0 Å². The molecular weight excluding hydrogens is 306 g/mol. The smallest absolute Gasteiger partial charge is 0.420 e. The Kier molecular flexibility index (Phi) is 4.51. The van der Waals surface area contributed by atoms with Crippen molar-refractivity contribution >= 4 is 17.7 Å². The summed E-state index contributed by atoms with van der Waals surface area (Å²) in [4.78, 5) is 26.4. The number of rotatable bonds is 2. The van der Waals surface area contributed by atoms with Crippen molar-refractivity contribution in [3.8, 4) is 5.75 Å². The largest absolute Gasteiger partial charge is 0.469 e. The van der Waals surface area contributed by atoms with E-state index in [9.17, 15) is 9.59 Å². The molecule has 2 aromatic rings. The van der Waals surface area contributed by atoms with Gasteiger partial charge in [0, 0.05) is 6.04 Å². The van der Waals surface area contributed by atoms with Gasteiger partial charge in [0.25, 0.3) is 0 Å². The maximum absolute atomic E-state index is 12.7. The van der Waals surface area contributed by atoms with E-state index in [1.807, 2.05) is 49.4 Å². The van der Waals surface area contributed by atoms with E-state index in [-0.39, 0.29) is 17.9 Å². The fourth-order valence-corrected chi connectivity index (χ4v) is 3.09. The predicted octanol–water partition coefficient (Wildman–Crippen LogP) is 3.74. The summed E-state index contributed by atoms with van der Waals surface area (Å²) in [5.41, 5.74) is 1.47. The first kappa shape index (κ1) is 16.1. The highest BCUT2D eigenvalue weighted by molar-refractivity contribution is 5.94. The van der Waals surface area contributed by atoms with E-state index in [1.54, 1.807) is 17.0 Å². The summed E-state index contributed by atoms with van der Waals surface area (Å²) in [7, 11) is 1.38. The van der Waals surface area contributed by atoms with Gasteiger partial charge in [-0.05, 0) is 37.1 Å². The molecule has 24 heavy (non-hydrogen) atoms. The van der Waals surface area contributed by atoms with Gasteiger partial charge in [0.15, 0.2) is 0 Å². The molecule has 5 heteroatoms. The fourth-order valence-electron chi connectivity index (χ4n) is 3.09. The minimum absolute atomic E-state index is 0.180. The Morgan fingerprint density at radius 1 is 1.04 bits per heavy atom.